The van der Waals surface area contributed by atoms with Crippen molar-refractivity contribution >= 4 is 11.0 Å². The van der Waals surface area contributed by atoms with Crippen molar-refractivity contribution in [2.24, 2.45) is 0 Å². The highest BCUT2D eigenvalue weighted by molar-refractivity contribution is 5.77. The smallest absolute Gasteiger partial charge is 0.134 e. The van der Waals surface area contributed by atoms with Gasteiger partial charge in [0.15, 0.2) is 0 Å². The van der Waals surface area contributed by atoms with Crippen LogP contribution < -0.4 is 0 Å². The van der Waals surface area contributed by atoms with Crippen molar-refractivity contribution in [3.05, 3.63) is 43.0 Å². The number of benzene rings is 1. The van der Waals surface area contributed by atoms with E-state index in [0.717, 1.165) is 16.7 Å². The van der Waals surface area contributed by atoms with Gasteiger partial charge in [0.05, 0.1) is 0 Å². The van der Waals surface area contributed by atoms with Crippen molar-refractivity contribution in [2.75, 3.05) is 0 Å². The molecule has 2 rings (SSSR count). The Balaban J connectivity index is 2.62. The Bertz CT molecular complexity index is 352. The third-order valence-electron chi connectivity index (χ3n) is 1.93. The summed E-state index contributed by atoms with van der Waals surface area (Å²) in [5.41, 5.74) is 0.947. The first-order chi connectivity index (χ1) is 5.77. The van der Waals surface area contributed by atoms with Crippen LogP contribution in [0, 0.1) is 6.92 Å². The van der Waals surface area contributed by atoms with Crippen LogP contribution in [0.25, 0.3) is 11.0 Å². The highest BCUT2D eigenvalue weighted by Gasteiger charge is 2.05. The average Bonchev–Trinajstić information content (AvgIpc) is 2.46. The normalized spacial score (nSPS) is 11.2. The molecule has 1 aromatic heterocycles. The molecule has 0 aliphatic rings. The summed E-state index contributed by atoms with van der Waals surface area (Å²) in [6.45, 7) is 5.94. The summed E-state index contributed by atoms with van der Waals surface area (Å²) < 4.78 is 5.57. The third kappa shape index (κ3) is 1.11. The van der Waals surface area contributed by atoms with Crippen LogP contribution in [-0.2, 0) is 0 Å². The summed E-state index contributed by atoms with van der Waals surface area (Å²) in [6, 6.07) is 10.1. The molecule has 0 spiro atoms. The van der Waals surface area contributed by atoms with Crippen LogP contribution >= 0.6 is 0 Å². The Labute approximate surface area is 72.0 Å². The fourth-order valence-electron chi connectivity index (χ4n) is 1.25. The van der Waals surface area contributed by atoms with Gasteiger partial charge >= 0.3 is 0 Å². The van der Waals surface area contributed by atoms with E-state index in [1.54, 1.807) is 0 Å². The Hall–Kier alpha value is -1.24. The van der Waals surface area contributed by atoms with E-state index in [1.807, 2.05) is 37.3 Å². The Morgan fingerprint density at radius 2 is 2.08 bits per heavy atom. The molecule has 0 bridgehead atoms. The van der Waals surface area contributed by atoms with Gasteiger partial charge in [0, 0.05) is 11.3 Å². The molecule has 1 unspecified atom stereocenters. The van der Waals surface area contributed by atoms with E-state index in [-0.39, 0.29) is 5.92 Å². The minimum absolute atomic E-state index is 0.220. The van der Waals surface area contributed by atoms with Crippen LogP contribution in [0.5, 0.6) is 0 Å². The molecule has 0 N–H and O–H groups in total. The molecule has 1 nitrogen and oxygen atoms in total. The highest BCUT2D eigenvalue weighted by atomic mass is 16.3. The van der Waals surface area contributed by atoms with E-state index in [4.69, 9.17) is 4.42 Å². The van der Waals surface area contributed by atoms with Gasteiger partial charge in [0.1, 0.15) is 11.3 Å². The summed E-state index contributed by atoms with van der Waals surface area (Å²) in [6.07, 6.45) is 0. The number of rotatable bonds is 1. The largest absolute Gasteiger partial charge is 0.461 e. The van der Waals surface area contributed by atoms with E-state index in [9.17, 15) is 0 Å². The van der Waals surface area contributed by atoms with E-state index in [2.05, 4.69) is 6.92 Å². The molecule has 0 fully saturated rings. The van der Waals surface area contributed by atoms with Crippen molar-refractivity contribution in [3.63, 3.8) is 0 Å². The predicted octanol–water partition coefficient (Wildman–Crippen LogP) is 3.37. The van der Waals surface area contributed by atoms with Crippen LogP contribution in [0.2, 0.25) is 0 Å². The van der Waals surface area contributed by atoms with E-state index >= 15 is 0 Å². The van der Waals surface area contributed by atoms with Gasteiger partial charge < -0.3 is 4.42 Å². The lowest BCUT2D eigenvalue weighted by atomic mass is 10.1. The maximum Gasteiger partial charge on any atom is 0.134 e. The molecule has 0 aliphatic heterocycles. The van der Waals surface area contributed by atoms with E-state index < -0.39 is 0 Å². The van der Waals surface area contributed by atoms with Crippen LogP contribution in [0.15, 0.2) is 34.7 Å². The summed E-state index contributed by atoms with van der Waals surface area (Å²) in [5.74, 6) is 1.17. The summed E-state index contributed by atoms with van der Waals surface area (Å²) in [4.78, 5) is 0. The van der Waals surface area contributed by atoms with Crippen molar-refractivity contribution in [2.45, 2.75) is 12.8 Å². The maximum absolute atomic E-state index is 5.57. The number of hydrogen-bond donors (Lipinski definition) is 0. The van der Waals surface area contributed by atoms with E-state index in [0.29, 0.717) is 0 Å². The molecule has 1 heteroatoms. The summed E-state index contributed by atoms with van der Waals surface area (Å²) >= 11 is 0. The Morgan fingerprint density at radius 3 is 2.75 bits per heavy atom. The Kier molecular flexibility index (Phi) is 1.65. The van der Waals surface area contributed by atoms with Gasteiger partial charge in [-0.05, 0) is 19.1 Å². The molecule has 0 aliphatic carbocycles. The standard InChI is InChI=1S/C11H11O/c1-8(2)11-7-9-5-3-4-6-10(9)12-11/h3-8H,1H2,2H3. The maximum atomic E-state index is 5.57. The molecule has 1 aromatic carbocycles. The molecular weight excluding hydrogens is 148 g/mol. The van der Waals surface area contributed by atoms with Crippen LogP contribution in [-0.4, -0.2) is 0 Å². The topological polar surface area (TPSA) is 13.1 Å². The number of furan rings is 1. The second kappa shape index (κ2) is 2.67. The minimum atomic E-state index is 0.220. The van der Waals surface area contributed by atoms with Gasteiger partial charge in [-0.15, -0.1) is 0 Å². The van der Waals surface area contributed by atoms with Gasteiger partial charge in [0.25, 0.3) is 0 Å². The molecule has 0 saturated carbocycles. The molecule has 0 amide bonds. The summed E-state index contributed by atoms with van der Waals surface area (Å²) in [7, 11) is 0. The molecule has 0 saturated heterocycles. The second-order valence-electron chi connectivity index (χ2n) is 3.09. The molecule has 1 atom stereocenters. The van der Waals surface area contributed by atoms with Gasteiger partial charge in [-0.1, -0.05) is 25.1 Å². The first-order valence-corrected chi connectivity index (χ1v) is 4.09. The first-order valence-electron chi connectivity index (χ1n) is 4.09. The molecular formula is C11H11O. The van der Waals surface area contributed by atoms with E-state index in [1.165, 1.54) is 0 Å². The molecule has 2 aromatic rings. The third-order valence-corrected chi connectivity index (χ3v) is 1.93. The fraction of sp³-hybridized carbons (Fsp3) is 0.182. The summed E-state index contributed by atoms with van der Waals surface area (Å²) in [5, 5.41) is 1.16. The van der Waals surface area contributed by atoms with Gasteiger partial charge in [-0.25, -0.2) is 0 Å². The zero-order chi connectivity index (χ0) is 8.55. The second-order valence-corrected chi connectivity index (χ2v) is 3.09. The quantitative estimate of drug-likeness (QED) is 0.621. The zero-order valence-corrected chi connectivity index (χ0v) is 7.08. The van der Waals surface area contributed by atoms with Crippen LogP contribution in [0.4, 0.5) is 0 Å². The molecule has 61 valence electrons. The lowest BCUT2D eigenvalue weighted by molar-refractivity contribution is 0.536. The lowest BCUT2D eigenvalue weighted by Crippen LogP contribution is -1.80. The van der Waals surface area contributed by atoms with Crippen molar-refractivity contribution in [1.29, 1.82) is 0 Å². The molecule has 1 radical (unpaired) electrons. The van der Waals surface area contributed by atoms with Gasteiger partial charge in [-0.2, -0.15) is 0 Å². The SMILES string of the molecule is [CH2]C(C)c1cc2ccccc2o1. The molecule has 12 heavy (non-hydrogen) atoms. The van der Waals surface area contributed by atoms with Crippen molar-refractivity contribution in [1.82, 2.24) is 0 Å². The minimum Gasteiger partial charge on any atom is -0.461 e. The number of para-hydroxylation sites is 1. The Morgan fingerprint density at radius 1 is 1.33 bits per heavy atom. The monoisotopic (exact) mass is 159 g/mol. The van der Waals surface area contributed by atoms with Crippen molar-refractivity contribution in [3.8, 4) is 0 Å². The lowest BCUT2D eigenvalue weighted by Gasteiger charge is -1.95. The number of hydrogen-bond acceptors (Lipinski definition) is 1. The van der Waals surface area contributed by atoms with Crippen LogP contribution in [0.3, 0.4) is 0 Å². The number of fused-ring (bicyclic) bond motifs is 1. The predicted molar refractivity (Wildman–Crippen MR) is 50.0 cm³/mol. The highest BCUT2D eigenvalue weighted by Crippen LogP contribution is 2.23. The first kappa shape index (κ1) is 7.41. The average molecular weight is 159 g/mol. The molecule has 1 heterocycles. The fourth-order valence-corrected chi connectivity index (χ4v) is 1.25. The van der Waals surface area contributed by atoms with Crippen LogP contribution in [0.1, 0.15) is 18.6 Å². The zero-order valence-electron chi connectivity index (χ0n) is 7.08. The van der Waals surface area contributed by atoms with Crippen molar-refractivity contribution < 1.29 is 4.42 Å². The van der Waals surface area contributed by atoms with Gasteiger partial charge in [0.2, 0.25) is 0 Å². The van der Waals surface area contributed by atoms with Gasteiger partial charge in [-0.3, -0.25) is 0 Å².